The average molecular weight is 404 g/mol. The minimum Gasteiger partial charge on any atom is -0.465 e. The van der Waals surface area contributed by atoms with Crippen molar-refractivity contribution in [3.8, 4) is 0 Å². The van der Waals surface area contributed by atoms with E-state index < -0.39 is 11.9 Å². The highest BCUT2D eigenvalue weighted by atomic mass is 16.5. The summed E-state index contributed by atoms with van der Waals surface area (Å²) in [4.78, 5) is 25.9. The summed E-state index contributed by atoms with van der Waals surface area (Å²) in [5.74, 6) is -0.499. The number of carbonyl (C=O) groups excluding carboxylic acids is 2. The predicted octanol–water partition coefficient (Wildman–Crippen LogP) is 5.02. The van der Waals surface area contributed by atoms with Crippen LogP contribution in [-0.2, 0) is 14.3 Å². The molecule has 1 heterocycles. The maximum Gasteiger partial charge on any atom is 0.331 e. The lowest BCUT2D eigenvalue weighted by Gasteiger charge is -2.29. The topological polar surface area (TPSA) is 71.8 Å². The molecule has 0 spiro atoms. The first-order valence-electron chi connectivity index (χ1n) is 9.65. The van der Waals surface area contributed by atoms with E-state index in [0.717, 1.165) is 11.4 Å². The van der Waals surface area contributed by atoms with Gasteiger partial charge < -0.3 is 19.4 Å². The first-order valence-corrected chi connectivity index (χ1v) is 9.65. The van der Waals surface area contributed by atoms with Gasteiger partial charge in [-0.05, 0) is 68.5 Å². The molecule has 30 heavy (non-hydrogen) atoms. The van der Waals surface area contributed by atoms with Gasteiger partial charge in [0.1, 0.15) is 5.76 Å². The molecule has 3 aromatic rings. The minimum absolute atomic E-state index is 0.265. The summed E-state index contributed by atoms with van der Waals surface area (Å²) >= 11 is 0. The molecule has 1 aromatic heterocycles. The van der Waals surface area contributed by atoms with E-state index in [9.17, 15) is 9.59 Å². The molecule has 6 heteroatoms. The minimum atomic E-state index is -0.618. The summed E-state index contributed by atoms with van der Waals surface area (Å²) < 4.78 is 10.0. The van der Waals surface area contributed by atoms with Crippen molar-refractivity contribution < 1.29 is 18.7 Å². The van der Waals surface area contributed by atoms with Gasteiger partial charge in [0.2, 0.25) is 0 Å². The molecular formula is C24H24N2O4. The molecule has 3 rings (SSSR count). The van der Waals surface area contributed by atoms with Gasteiger partial charge in [0, 0.05) is 29.2 Å². The first-order chi connectivity index (χ1) is 14.5. The molecule has 1 N–H and O–H groups in total. The molecule has 154 valence electrons. The Morgan fingerprint density at radius 1 is 1.00 bits per heavy atom. The van der Waals surface area contributed by atoms with Crippen molar-refractivity contribution in [2.75, 3.05) is 16.8 Å². The van der Waals surface area contributed by atoms with Gasteiger partial charge >= 0.3 is 5.97 Å². The second-order valence-corrected chi connectivity index (χ2v) is 6.85. The van der Waals surface area contributed by atoms with Crippen LogP contribution in [0.3, 0.4) is 0 Å². The maximum absolute atomic E-state index is 12.1. The molecule has 2 aromatic carbocycles. The Hall–Kier alpha value is -3.80. The summed E-state index contributed by atoms with van der Waals surface area (Å²) in [6, 6.07) is 21.3. The Bertz CT molecular complexity index is 978. The number of ether oxygens (including phenoxy) is 1. The van der Waals surface area contributed by atoms with Crippen molar-refractivity contribution in [3.05, 3.63) is 84.8 Å². The number of hydrogen-bond donors (Lipinski definition) is 1. The summed E-state index contributed by atoms with van der Waals surface area (Å²) in [5, 5.41) is 2.72. The number of hydrogen-bond acceptors (Lipinski definition) is 5. The Kier molecular flexibility index (Phi) is 7.05. The maximum atomic E-state index is 12.1. The third-order valence-corrected chi connectivity index (χ3v) is 4.25. The lowest BCUT2D eigenvalue weighted by molar-refractivity contribution is -0.142. The van der Waals surface area contributed by atoms with E-state index in [1.165, 1.54) is 18.4 Å². The van der Waals surface area contributed by atoms with Crippen LogP contribution in [0.15, 0.2) is 83.5 Å². The molecule has 1 amide bonds. The molecule has 0 radical (unpaired) electrons. The lowest BCUT2D eigenvalue weighted by atomic mass is 10.2. The van der Waals surface area contributed by atoms with Gasteiger partial charge in [0.15, 0.2) is 6.61 Å². The zero-order valence-electron chi connectivity index (χ0n) is 16.9. The van der Waals surface area contributed by atoms with E-state index in [1.54, 1.807) is 12.1 Å². The lowest BCUT2D eigenvalue weighted by Crippen LogP contribution is -2.25. The van der Waals surface area contributed by atoms with E-state index in [1.807, 2.05) is 42.5 Å². The summed E-state index contributed by atoms with van der Waals surface area (Å²) in [6.45, 7) is 3.87. The molecule has 0 aliphatic rings. The number of carbonyl (C=O) groups is 2. The highest BCUT2D eigenvalue weighted by Gasteiger charge is 2.13. The van der Waals surface area contributed by atoms with Gasteiger partial charge in [-0.1, -0.05) is 18.2 Å². The normalized spacial score (nSPS) is 10.9. The molecular weight excluding hydrogens is 380 g/mol. The van der Waals surface area contributed by atoms with Crippen LogP contribution < -0.4 is 10.2 Å². The fourth-order valence-electron chi connectivity index (χ4n) is 2.96. The Balaban J connectivity index is 1.54. The number of anilines is 3. The zero-order chi connectivity index (χ0) is 21.3. The van der Waals surface area contributed by atoms with Crippen molar-refractivity contribution in [1.82, 2.24) is 0 Å². The molecule has 6 nitrogen and oxygen atoms in total. The molecule has 0 unspecified atom stereocenters. The van der Waals surface area contributed by atoms with Crippen LogP contribution in [0.5, 0.6) is 0 Å². The van der Waals surface area contributed by atoms with Crippen molar-refractivity contribution in [2.24, 2.45) is 0 Å². The van der Waals surface area contributed by atoms with Crippen LogP contribution in [0.1, 0.15) is 19.6 Å². The largest absolute Gasteiger partial charge is 0.465 e. The van der Waals surface area contributed by atoms with E-state index >= 15 is 0 Å². The standard InChI is InChI=1S/C24H24N2O4/c1-18(2)26(20-7-4-3-5-8-20)21-12-10-19(11-13-21)25-23(27)17-30-24(28)15-14-22-9-6-16-29-22/h3-16,18H,17H2,1-2H3,(H,25,27)/b15-14+. The fourth-order valence-corrected chi connectivity index (χ4v) is 2.96. The average Bonchev–Trinajstić information content (AvgIpc) is 3.26. The number of nitrogens with one attached hydrogen (secondary N) is 1. The Morgan fingerprint density at radius 3 is 2.33 bits per heavy atom. The van der Waals surface area contributed by atoms with Gasteiger partial charge in [0.25, 0.3) is 5.91 Å². The highest BCUT2D eigenvalue weighted by molar-refractivity contribution is 5.94. The zero-order valence-corrected chi connectivity index (χ0v) is 16.9. The SMILES string of the molecule is CC(C)N(c1ccccc1)c1ccc(NC(=O)COC(=O)/C=C/c2ccco2)cc1. The molecule has 0 aliphatic carbocycles. The number of furan rings is 1. The third-order valence-electron chi connectivity index (χ3n) is 4.25. The van der Waals surface area contributed by atoms with Gasteiger partial charge in [-0.2, -0.15) is 0 Å². The van der Waals surface area contributed by atoms with Gasteiger partial charge in [-0.15, -0.1) is 0 Å². The van der Waals surface area contributed by atoms with Crippen molar-refractivity contribution in [1.29, 1.82) is 0 Å². The molecule has 0 saturated heterocycles. The number of para-hydroxylation sites is 1. The predicted molar refractivity (Wildman–Crippen MR) is 117 cm³/mol. The molecule has 0 fully saturated rings. The second-order valence-electron chi connectivity index (χ2n) is 6.85. The van der Waals surface area contributed by atoms with E-state index in [0.29, 0.717) is 11.4 Å². The van der Waals surface area contributed by atoms with Gasteiger partial charge in [-0.25, -0.2) is 4.79 Å². The van der Waals surface area contributed by atoms with Crippen molar-refractivity contribution in [2.45, 2.75) is 19.9 Å². The van der Waals surface area contributed by atoms with E-state index in [-0.39, 0.29) is 12.6 Å². The molecule has 0 bridgehead atoms. The number of amides is 1. The first kappa shape index (κ1) is 20.9. The van der Waals surface area contributed by atoms with Gasteiger partial charge in [0.05, 0.1) is 6.26 Å². The molecule has 0 aliphatic heterocycles. The number of benzene rings is 2. The second kappa shape index (κ2) is 10.1. The smallest absolute Gasteiger partial charge is 0.331 e. The Labute approximate surface area is 175 Å². The summed E-state index contributed by atoms with van der Waals surface area (Å²) in [7, 11) is 0. The quantitative estimate of drug-likeness (QED) is 0.422. The van der Waals surface area contributed by atoms with Crippen molar-refractivity contribution in [3.63, 3.8) is 0 Å². The van der Waals surface area contributed by atoms with E-state index in [4.69, 9.17) is 9.15 Å². The van der Waals surface area contributed by atoms with Crippen LogP contribution in [0, 0.1) is 0 Å². The summed E-state index contributed by atoms with van der Waals surface area (Å²) in [5.41, 5.74) is 2.74. The van der Waals surface area contributed by atoms with Crippen LogP contribution >= 0.6 is 0 Å². The van der Waals surface area contributed by atoms with Crippen molar-refractivity contribution >= 4 is 35.0 Å². The third kappa shape index (κ3) is 5.85. The molecule has 0 atom stereocenters. The Morgan fingerprint density at radius 2 is 1.70 bits per heavy atom. The monoisotopic (exact) mass is 404 g/mol. The van der Waals surface area contributed by atoms with Crippen LogP contribution in [-0.4, -0.2) is 24.5 Å². The van der Waals surface area contributed by atoms with E-state index in [2.05, 4.69) is 36.2 Å². The molecule has 0 saturated carbocycles. The van der Waals surface area contributed by atoms with Crippen LogP contribution in [0.2, 0.25) is 0 Å². The fraction of sp³-hybridized carbons (Fsp3) is 0.167. The number of esters is 1. The number of nitrogens with zero attached hydrogens (tertiary/aromatic N) is 1. The summed E-state index contributed by atoms with van der Waals surface area (Å²) in [6.07, 6.45) is 4.20. The van der Waals surface area contributed by atoms with Gasteiger partial charge in [-0.3, -0.25) is 4.79 Å². The van der Waals surface area contributed by atoms with Crippen LogP contribution in [0.25, 0.3) is 6.08 Å². The highest BCUT2D eigenvalue weighted by Crippen LogP contribution is 2.28. The number of rotatable bonds is 8. The van der Waals surface area contributed by atoms with Crippen LogP contribution in [0.4, 0.5) is 17.1 Å².